The molecule has 4 rings (SSSR count). The minimum atomic E-state index is -1.15. The summed E-state index contributed by atoms with van der Waals surface area (Å²) in [6, 6.07) is 4.56. The standard InChI is InChI=1S/C19H12ClF3N2O3/c20-11-2-1-8(3-12(11)21)18(26)24-15-6-28-7-16-17(15)9-4-13(22)14(23)5-10(9)19(27)25-16/h1-5,15H,6-7H2,(H,24,26)(H,25,27)/t15-/m1/s1. The average molecular weight is 409 g/mol. The summed E-state index contributed by atoms with van der Waals surface area (Å²) in [5, 5.41) is 2.68. The summed E-state index contributed by atoms with van der Waals surface area (Å²) in [7, 11) is 0. The fourth-order valence-corrected chi connectivity index (χ4v) is 3.38. The van der Waals surface area contributed by atoms with Crippen LogP contribution >= 0.6 is 11.6 Å². The number of nitrogens with one attached hydrogen (secondary N) is 2. The summed E-state index contributed by atoms with van der Waals surface area (Å²) in [5.74, 6) is -3.63. The van der Waals surface area contributed by atoms with Crippen LogP contribution in [-0.2, 0) is 11.3 Å². The topological polar surface area (TPSA) is 71.2 Å². The molecule has 0 unspecified atom stereocenters. The number of aromatic nitrogens is 1. The summed E-state index contributed by atoms with van der Waals surface area (Å²) in [6.07, 6.45) is 0. The van der Waals surface area contributed by atoms with Crippen molar-refractivity contribution in [3.8, 4) is 0 Å². The molecule has 5 nitrogen and oxygen atoms in total. The van der Waals surface area contributed by atoms with Crippen molar-refractivity contribution >= 4 is 28.3 Å². The molecule has 1 atom stereocenters. The van der Waals surface area contributed by atoms with Crippen molar-refractivity contribution in [2.24, 2.45) is 0 Å². The fourth-order valence-electron chi connectivity index (χ4n) is 3.26. The number of pyridine rings is 1. The number of ether oxygens (including phenoxy) is 1. The maximum atomic E-state index is 13.8. The van der Waals surface area contributed by atoms with E-state index in [1.165, 1.54) is 12.1 Å². The summed E-state index contributed by atoms with van der Waals surface area (Å²) in [5.41, 5.74) is 0.202. The Morgan fingerprint density at radius 2 is 1.82 bits per heavy atom. The second kappa shape index (κ2) is 6.96. The number of carbonyl (C=O) groups excluding carboxylic acids is 1. The highest BCUT2D eigenvalue weighted by Crippen LogP contribution is 2.31. The molecule has 0 spiro atoms. The first-order chi connectivity index (χ1) is 13.3. The van der Waals surface area contributed by atoms with Crippen LogP contribution in [0.4, 0.5) is 13.2 Å². The van der Waals surface area contributed by atoms with Gasteiger partial charge in [0.1, 0.15) is 5.82 Å². The first kappa shape index (κ1) is 18.5. The molecule has 1 aliphatic rings. The Morgan fingerprint density at radius 3 is 2.54 bits per heavy atom. The van der Waals surface area contributed by atoms with Crippen LogP contribution in [-0.4, -0.2) is 17.5 Å². The SMILES string of the molecule is O=C(N[C@@H]1COCc2[nH]c(=O)c3cc(F)c(F)cc3c21)c1ccc(Cl)c(F)c1. The highest BCUT2D eigenvalue weighted by molar-refractivity contribution is 6.30. The Balaban J connectivity index is 1.78. The molecule has 1 aromatic heterocycles. The minimum absolute atomic E-state index is 0.0278. The molecule has 2 aromatic carbocycles. The molecule has 0 radical (unpaired) electrons. The van der Waals surface area contributed by atoms with Crippen LogP contribution in [0.3, 0.4) is 0 Å². The van der Waals surface area contributed by atoms with E-state index in [0.29, 0.717) is 11.3 Å². The number of hydrogen-bond donors (Lipinski definition) is 2. The summed E-state index contributed by atoms with van der Waals surface area (Å²) in [4.78, 5) is 27.3. The summed E-state index contributed by atoms with van der Waals surface area (Å²) >= 11 is 5.63. The highest BCUT2D eigenvalue weighted by atomic mass is 35.5. The Hall–Kier alpha value is -2.84. The first-order valence-corrected chi connectivity index (χ1v) is 8.60. The van der Waals surface area contributed by atoms with Crippen LogP contribution in [0.1, 0.15) is 27.7 Å². The minimum Gasteiger partial charge on any atom is -0.373 e. The van der Waals surface area contributed by atoms with Crippen LogP contribution < -0.4 is 10.9 Å². The van der Waals surface area contributed by atoms with E-state index >= 15 is 0 Å². The number of H-pyrrole nitrogens is 1. The van der Waals surface area contributed by atoms with Gasteiger partial charge in [-0.25, -0.2) is 13.2 Å². The molecule has 2 heterocycles. The molecule has 28 heavy (non-hydrogen) atoms. The molecular weight excluding hydrogens is 397 g/mol. The predicted molar refractivity (Wildman–Crippen MR) is 95.8 cm³/mol. The predicted octanol–water partition coefficient (Wildman–Crippen LogP) is 3.60. The molecule has 0 fully saturated rings. The fraction of sp³-hybridized carbons (Fsp3) is 0.158. The Morgan fingerprint density at radius 1 is 1.11 bits per heavy atom. The van der Waals surface area contributed by atoms with E-state index in [1.54, 1.807) is 0 Å². The normalized spacial score (nSPS) is 16.1. The molecule has 0 saturated carbocycles. The lowest BCUT2D eigenvalue weighted by atomic mass is 9.96. The van der Waals surface area contributed by atoms with E-state index in [4.69, 9.17) is 16.3 Å². The maximum absolute atomic E-state index is 13.8. The number of benzene rings is 2. The van der Waals surface area contributed by atoms with E-state index in [1.807, 2.05) is 0 Å². The number of hydrogen-bond acceptors (Lipinski definition) is 3. The molecule has 3 aromatic rings. The first-order valence-electron chi connectivity index (χ1n) is 8.22. The van der Waals surface area contributed by atoms with E-state index in [0.717, 1.165) is 18.2 Å². The van der Waals surface area contributed by atoms with E-state index in [9.17, 15) is 22.8 Å². The lowest BCUT2D eigenvalue weighted by Crippen LogP contribution is -2.36. The van der Waals surface area contributed by atoms with Crippen molar-refractivity contribution < 1.29 is 22.7 Å². The maximum Gasteiger partial charge on any atom is 0.256 e. The molecule has 144 valence electrons. The van der Waals surface area contributed by atoms with Gasteiger partial charge in [0.15, 0.2) is 11.6 Å². The van der Waals surface area contributed by atoms with E-state index in [2.05, 4.69) is 10.3 Å². The molecule has 1 aliphatic heterocycles. The molecular formula is C19H12ClF3N2O3. The second-order valence-corrected chi connectivity index (χ2v) is 6.74. The Bertz CT molecular complexity index is 1180. The third-order valence-electron chi connectivity index (χ3n) is 4.55. The number of carbonyl (C=O) groups is 1. The van der Waals surface area contributed by atoms with Gasteiger partial charge < -0.3 is 15.0 Å². The number of halogens is 4. The second-order valence-electron chi connectivity index (χ2n) is 6.33. The highest BCUT2D eigenvalue weighted by Gasteiger charge is 2.27. The average Bonchev–Trinajstić information content (AvgIpc) is 2.65. The van der Waals surface area contributed by atoms with E-state index in [-0.39, 0.29) is 34.6 Å². The molecule has 0 saturated heterocycles. The summed E-state index contributed by atoms with van der Waals surface area (Å²) < 4.78 is 46.5. The lowest BCUT2D eigenvalue weighted by molar-refractivity contribution is 0.0694. The van der Waals surface area contributed by atoms with Crippen molar-refractivity contribution in [2.75, 3.05) is 6.61 Å². The Labute approximate surface area is 161 Å². The van der Waals surface area contributed by atoms with Gasteiger partial charge in [0, 0.05) is 16.8 Å². The molecule has 2 N–H and O–H groups in total. The van der Waals surface area contributed by atoms with Gasteiger partial charge >= 0.3 is 0 Å². The van der Waals surface area contributed by atoms with Crippen LogP contribution in [0.25, 0.3) is 10.8 Å². The zero-order chi connectivity index (χ0) is 20.0. The van der Waals surface area contributed by atoms with Gasteiger partial charge in [-0.3, -0.25) is 9.59 Å². The van der Waals surface area contributed by atoms with Gasteiger partial charge in [-0.05, 0) is 35.7 Å². The number of amides is 1. The van der Waals surface area contributed by atoms with Gasteiger partial charge in [-0.15, -0.1) is 0 Å². The van der Waals surface area contributed by atoms with E-state index < -0.39 is 35.0 Å². The van der Waals surface area contributed by atoms with Crippen LogP contribution in [0.15, 0.2) is 35.1 Å². The van der Waals surface area contributed by atoms with Gasteiger partial charge in [-0.1, -0.05) is 11.6 Å². The van der Waals surface area contributed by atoms with Gasteiger partial charge in [0.25, 0.3) is 11.5 Å². The van der Waals surface area contributed by atoms with Crippen LogP contribution in [0.5, 0.6) is 0 Å². The monoisotopic (exact) mass is 408 g/mol. The molecule has 1 amide bonds. The molecule has 9 heteroatoms. The van der Waals surface area contributed by atoms with Gasteiger partial charge in [0.05, 0.1) is 29.7 Å². The zero-order valence-electron chi connectivity index (χ0n) is 14.1. The van der Waals surface area contributed by atoms with Gasteiger partial charge in [-0.2, -0.15) is 0 Å². The van der Waals surface area contributed by atoms with Crippen molar-refractivity contribution in [1.29, 1.82) is 0 Å². The number of rotatable bonds is 2. The molecule has 0 bridgehead atoms. The van der Waals surface area contributed by atoms with Crippen molar-refractivity contribution in [3.05, 3.63) is 80.0 Å². The largest absolute Gasteiger partial charge is 0.373 e. The molecule has 0 aliphatic carbocycles. The number of fused-ring (bicyclic) bond motifs is 3. The van der Waals surface area contributed by atoms with Crippen LogP contribution in [0.2, 0.25) is 5.02 Å². The summed E-state index contributed by atoms with van der Waals surface area (Å²) in [6.45, 7) is 0.0798. The quantitative estimate of drug-likeness (QED) is 0.680. The smallest absolute Gasteiger partial charge is 0.256 e. The lowest BCUT2D eigenvalue weighted by Gasteiger charge is -2.27. The van der Waals surface area contributed by atoms with Crippen molar-refractivity contribution in [2.45, 2.75) is 12.6 Å². The zero-order valence-corrected chi connectivity index (χ0v) is 14.9. The number of aromatic amines is 1. The van der Waals surface area contributed by atoms with Crippen LogP contribution in [0, 0.1) is 17.5 Å². The third-order valence-corrected chi connectivity index (χ3v) is 4.86. The third kappa shape index (κ3) is 3.14. The van der Waals surface area contributed by atoms with Crippen molar-refractivity contribution in [3.63, 3.8) is 0 Å². The Kier molecular flexibility index (Phi) is 4.60. The van der Waals surface area contributed by atoms with Gasteiger partial charge in [0.2, 0.25) is 0 Å². The van der Waals surface area contributed by atoms with Crippen molar-refractivity contribution in [1.82, 2.24) is 10.3 Å².